The number of nitrogens with one attached hydrogen (secondary N) is 2. The average Bonchev–Trinajstić information content (AvgIpc) is 2.37. The topological polar surface area (TPSA) is 64.9 Å². The molecule has 1 aromatic carbocycles. The smallest absolute Gasteiger partial charge is 0.315 e. The van der Waals surface area contributed by atoms with Crippen LogP contribution in [0.1, 0.15) is 25.3 Å². The first-order valence-electron chi connectivity index (χ1n) is 5.71. The minimum Gasteiger partial charge on any atom is -0.334 e. The first kappa shape index (κ1) is 13.0. The third-order valence-corrected chi connectivity index (χ3v) is 2.46. The molecule has 2 N–H and O–H groups in total. The van der Waals surface area contributed by atoms with Crippen molar-refractivity contribution in [3.63, 3.8) is 0 Å². The number of hydrogen-bond donors (Lipinski definition) is 2. The first-order valence-corrected chi connectivity index (χ1v) is 5.71. The fourth-order valence-corrected chi connectivity index (χ4v) is 1.42. The zero-order valence-corrected chi connectivity index (χ0v) is 9.94. The van der Waals surface area contributed by atoms with Crippen molar-refractivity contribution in [2.45, 2.75) is 32.4 Å². The Morgan fingerprint density at radius 1 is 1.41 bits per heavy atom. The van der Waals surface area contributed by atoms with Crippen molar-refractivity contribution < 1.29 is 4.79 Å². The molecular formula is C13H17N3O. The Kier molecular flexibility index (Phi) is 5.59. The Bertz CT molecular complexity index is 383. The second-order valence-corrected chi connectivity index (χ2v) is 3.78. The number of benzene rings is 1. The van der Waals surface area contributed by atoms with Gasteiger partial charge in [-0.3, -0.25) is 0 Å². The van der Waals surface area contributed by atoms with Crippen LogP contribution < -0.4 is 10.6 Å². The van der Waals surface area contributed by atoms with E-state index < -0.39 is 0 Å². The van der Waals surface area contributed by atoms with Crippen LogP contribution in [0.4, 0.5) is 4.79 Å². The molecule has 90 valence electrons. The largest absolute Gasteiger partial charge is 0.334 e. The predicted molar refractivity (Wildman–Crippen MR) is 66.1 cm³/mol. The molecule has 0 bridgehead atoms. The molecule has 1 unspecified atom stereocenters. The van der Waals surface area contributed by atoms with Crippen LogP contribution in [0.25, 0.3) is 0 Å². The molecule has 4 nitrogen and oxygen atoms in total. The highest BCUT2D eigenvalue weighted by atomic mass is 16.2. The van der Waals surface area contributed by atoms with E-state index in [1.807, 2.05) is 37.3 Å². The number of hydrogen-bond acceptors (Lipinski definition) is 2. The van der Waals surface area contributed by atoms with E-state index in [1.54, 1.807) is 0 Å². The van der Waals surface area contributed by atoms with Crippen LogP contribution in [0.2, 0.25) is 0 Å². The van der Waals surface area contributed by atoms with Gasteiger partial charge in [0.15, 0.2) is 0 Å². The summed E-state index contributed by atoms with van der Waals surface area (Å²) in [6.45, 7) is 2.44. The first-order chi connectivity index (χ1) is 8.26. The van der Waals surface area contributed by atoms with Gasteiger partial charge in [0.2, 0.25) is 0 Å². The maximum Gasteiger partial charge on any atom is 0.315 e. The Morgan fingerprint density at radius 3 is 2.71 bits per heavy atom. The van der Waals surface area contributed by atoms with Gasteiger partial charge in [0.05, 0.1) is 12.5 Å². The summed E-state index contributed by atoms with van der Waals surface area (Å²) in [5.74, 6) is 0. The van der Waals surface area contributed by atoms with E-state index in [2.05, 4.69) is 16.7 Å². The second kappa shape index (κ2) is 7.29. The van der Waals surface area contributed by atoms with Crippen LogP contribution in [0, 0.1) is 11.3 Å². The minimum absolute atomic E-state index is 0.0734. The number of nitriles is 1. The van der Waals surface area contributed by atoms with E-state index in [0.717, 1.165) is 12.0 Å². The average molecular weight is 231 g/mol. The summed E-state index contributed by atoms with van der Waals surface area (Å²) in [5, 5.41) is 14.1. The lowest BCUT2D eigenvalue weighted by atomic mass is 10.2. The molecule has 0 aliphatic rings. The lowest BCUT2D eigenvalue weighted by Crippen LogP contribution is -2.41. The van der Waals surface area contributed by atoms with Crippen molar-refractivity contribution in [1.29, 1.82) is 5.26 Å². The zero-order chi connectivity index (χ0) is 12.5. The van der Waals surface area contributed by atoms with Gasteiger partial charge < -0.3 is 10.6 Å². The van der Waals surface area contributed by atoms with Gasteiger partial charge in [-0.2, -0.15) is 5.26 Å². The molecule has 1 atom stereocenters. The second-order valence-electron chi connectivity index (χ2n) is 3.78. The summed E-state index contributed by atoms with van der Waals surface area (Å²) in [5.41, 5.74) is 1.05. The summed E-state index contributed by atoms with van der Waals surface area (Å²) in [4.78, 5) is 11.5. The molecule has 0 fully saturated rings. The number of amides is 2. The lowest BCUT2D eigenvalue weighted by Gasteiger charge is -2.14. The van der Waals surface area contributed by atoms with Crippen LogP contribution in [0.5, 0.6) is 0 Å². The molecule has 0 radical (unpaired) electrons. The molecule has 0 saturated heterocycles. The number of urea groups is 1. The van der Waals surface area contributed by atoms with Gasteiger partial charge in [-0.15, -0.1) is 0 Å². The Balaban J connectivity index is 2.33. The summed E-state index contributed by atoms with van der Waals surface area (Å²) in [6.07, 6.45) is 1.10. The normalized spacial score (nSPS) is 11.3. The summed E-state index contributed by atoms with van der Waals surface area (Å²) >= 11 is 0. The van der Waals surface area contributed by atoms with Crippen LogP contribution in [0.3, 0.4) is 0 Å². The van der Waals surface area contributed by atoms with Crippen LogP contribution in [0.15, 0.2) is 30.3 Å². The molecule has 0 aliphatic carbocycles. The fraction of sp³-hybridized carbons (Fsp3) is 0.385. The van der Waals surface area contributed by atoms with Crippen molar-refractivity contribution in [2.75, 3.05) is 0 Å². The van der Waals surface area contributed by atoms with Gasteiger partial charge in [0.1, 0.15) is 0 Å². The molecule has 1 rings (SSSR count). The Morgan fingerprint density at radius 2 is 2.12 bits per heavy atom. The quantitative estimate of drug-likeness (QED) is 0.815. The van der Waals surface area contributed by atoms with Crippen LogP contribution >= 0.6 is 0 Å². The van der Waals surface area contributed by atoms with Gasteiger partial charge in [-0.05, 0) is 12.0 Å². The molecule has 0 heterocycles. The Labute approximate surface area is 102 Å². The van der Waals surface area contributed by atoms with E-state index in [9.17, 15) is 4.79 Å². The molecule has 0 saturated carbocycles. The molecular weight excluding hydrogens is 214 g/mol. The Hall–Kier alpha value is -2.02. The monoisotopic (exact) mass is 231 g/mol. The maximum atomic E-state index is 11.5. The highest BCUT2D eigenvalue weighted by Crippen LogP contribution is 1.98. The molecule has 2 amide bonds. The lowest BCUT2D eigenvalue weighted by molar-refractivity contribution is 0.236. The summed E-state index contributed by atoms with van der Waals surface area (Å²) in [7, 11) is 0. The SMILES string of the molecule is CCC(CC#N)NC(=O)NCc1ccccc1. The van der Waals surface area contributed by atoms with Crippen molar-refractivity contribution >= 4 is 6.03 Å². The highest BCUT2D eigenvalue weighted by Gasteiger charge is 2.08. The molecule has 0 spiro atoms. The van der Waals surface area contributed by atoms with Crippen molar-refractivity contribution in [3.05, 3.63) is 35.9 Å². The molecule has 1 aromatic rings. The molecule has 0 aliphatic heterocycles. The summed E-state index contributed by atoms with van der Waals surface area (Å²) < 4.78 is 0. The summed E-state index contributed by atoms with van der Waals surface area (Å²) in [6, 6.07) is 11.5. The van der Waals surface area contributed by atoms with Gasteiger partial charge >= 0.3 is 6.03 Å². The number of nitrogens with zero attached hydrogens (tertiary/aromatic N) is 1. The molecule has 0 aromatic heterocycles. The predicted octanol–water partition coefficient (Wildman–Crippen LogP) is 2.18. The van der Waals surface area contributed by atoms with Crippen LogP contribution in [-0.4, -0.2) is 12.1 Å². The van der Waals surface area contributed by atoms with Crippen molar-refractivity contribution in [1.82, 2.24) is 10.6 Å². The van der Waals surface area contributed by atoms with Gasteiger partial charge in [0.25, 0.3) is 0 Å². The van der Waals surface area contributed by atoms with E-state index in [-0.39, 0.29) is 12.1 Å². The standard InChI is InChI=1S/C13H17N3O/c1-2-12(8-9-14)16-13(17)15-10-11-6-4-3-5-7-11/h3-7,12H,2,8,10H2,1H3,(H2,15,16,17). The number of rotatable bonds is 5. The van der Waals surface area contributed by atoms with E-state index in [4.69, 9.17) is 5.26 Å². The van der Waals surface area contributed by atoms with Gasteiger partial charge in [-0.1, -0.05) is 37.3 Å². The molecule has 4 heteroatoms. The van der Waals surface area contributed by atoms with E-state index >= 15 is 0 Å². The number of carbonyl (C=O) groups is 1. The number of carbonyl (C=O) groups excluding carboxylic acids is 1. The third-order valence-electron chi connectivity index (χ3n) is 2.46. The van der Waals surface area contributed by atoms with Crippen molar-refractivity contribution in [2.24, 2.45) is 0 Å². The molecule has 17 heavy (non-hydrogen) atoms. The van der Waals surface area contributed by atoms with Crippen LogP contribution in [-0.2, 0) is 6.54 Å². The van der Waals surface area contributed by atoms with E-state index in [1.165, 1.54) is 0 Å². The minimum atomic E-state index is -0.226. The third kappa shape index (κ3) is 5.03. The van der Waals surface area contributed by atoms with E-state index in [0.29, 0.717) is 13.0 Å². The highest BCUT2D eigenvalue weighted by molar-refractivity contribution is 5.74. The zero-order valence-electron chi connectivity index (χ0n) is 9.94. The fourth-order valence-electron chi connectivity index (χ4n) is 1.42. The maximum absolute atomic E-state index is 11.5. The van der Waals surface area contributed by atoms with Crippen molar-refractivity contribution in [3.8, 4) is 6.07 Å². The van der Waals surface area contributed by atoms with Gasteiger partial charge in [-0.25, -0.2) is 4.79 Å². The van der Waals surface area contributed by atoms with Gasteiger partial charge in [0, 0.05) is 12.6 Å².